The molecular weight excluding hydrogens is 238 g/mol. The fraction of sp³-hybridized carbons (Fsp3) is 0.562. The molecule has 0 saturated carbocycles. The van der Waals surface area contributed by atoms with Gasteiger partial charge in [-0.15, -0.1) is 0 Å². The number of nitrogens with zero attached hydrogens (tertiary/aromatic N) is 1. The topological polar surface area (TPSA) is 29.5 Å². The van der Waals surface area contributed by atoms with E-state index in [1.165, 1.54) is 11.1 Å². The lowest BCUT2D eigenvalue weighted by atomic mass is 9.99. The Kier molecular flexibility index (Phi) is 4.59. The molecule has 3 nitrogen and oxygen atoms in total. The van der Waals surface area contributed by atoms with Crippen LogP contribution in [-0.2, 0) is 11.3 Å². The maximum absolute atomic E-state index is 11.3. The number of methoxy groups -OCH3 is 1. The van der Waals surface area contributed by atoms with Crippen LogP contribution in [-0.4, -0.2) is 30.9 Å². The Hall–Kier alpha value is -1.35. The molecule has 1 saturated heterocycles. The largest absolute Gasteiger partial charge is 0.496 e. The molecule has 0 bridgehead atoms. The number of carbonyl (C=O) groups is 1. The van der Waals surface area contributed by atoms with Crippen LogP contribution in [0.25, 0.3) is 0 Å². The van der Waals surface area contributed by atoms with Crippen molar-refractivity contribution in [3.05, 3.63) is 29.3 Å². The molecule has 0 radical (unpaired) electrons. The van der Waals surface area contributed by atoms with E-state index >= 15 is 0 Å². The molecule has 1 aliphatic rings. The van der Waals surface area contributed by atoms with E-state index in [2.05, 4.69) is 36.9 Å². The van der Waals surface area contributed by atoms with Gasteiger partial charge in [-0.2, -0.15) is 0 Å². The normalized spacial score (nSPS) is 16.9. The van der Waals surface area contributed by atoms with E-state index in [0.717, 1.165) is 25.4 Å². The molecule has 3 heteroatoms. The van der Waals surface area contributed by atoms with Crippen molar-refractivity contribution in [3.63, 3.8) is 0 Å². The molecule has 2 rings (SSSR count). The second-order valence-corrected chi connectivity index (χ2v) is 5.54. The Bertz CT molecular complexity index is 444. The summed E-state index contributed by atoms with van der Waals surface area (Å²) in [7, 11) is 1.72. The first-order valence-electron chi connectivity index (χ1n) is 7.01. The van der Waals surface area contributed by atoms with Crippen molar-refractivity contribution >= 4 is 5.78 Å². The third-order valence-corrected chi connectivity index (χ3v) is 3.78. The summed E-state index contributed by atoms with van der Waals surface area (Å²) in [5.41, 5.74) is 2.56. The number of carbonyl (C=O) groups excluding carboxylic acids is 1. The minimum Gasteiger partial charge on any atom is -0.496 e. The van der Waals surface area contributed by atoms with Crippen LogP contribution < -0.4 is 4.74 Å². The highest BCUT2D eigenvalue weighted by atomic mass is 16.5. The van der Waals surface area contributed by atoms with E-state index in [1.54, 1.807) is 7.11 Å². The lowest BCUT2D eigenvalue weighted by Gasteiger charge is -2.26. The molecule has 0 N–H and O–H groups in total. The lowest BCUT2D eigenvalue weighted by Crippen LogP contribution is -2.33. The first-order chi connectivity index (χ1) is 9.10. The number of rotatable bonds is 4. The second-order valence-electron chi connectivity index (χ2n) is 5.54. The van der Waals surface area contributed by atoms with Gasteiger partial charge in [0.2, 0.25) is 0 Å². The van der Waals surface area contributed by atoms with E-state index in [4.69, 9.17) is 4.74 Å². The van der Waals surface area contributed by atoms with Gasteiger partial charge in [-0.1, -0.05) is 26.0 Å². The van der Waals surface area contributed by atoms with Crippen molar-refractivity contribution in [2.45, 2.75) is 39.2 Å². The number of piperidine rings is 1. The predicted molar refractivity (Wildman–Crippen MR) is 76.6 cm³/mol. The van der Waals surface area contributed by atoms with Crippen LogP contribution in [0.1, 0.15) is 43.7 Å². The zero-order valence-corrected chi connectivity index (χ0v) is 12.1. The minimum atomic E-state index is 0.388. The van der Waals surface area contributed by atoms with E-state index < -0.39 is 0 Å². The minimum absolute atomic E-state index is 0.388. The number of ketones is 1. The van der Waals surface area contributed by atoms with Crippen molar-refractivity contribution < 1.29 is 9.53 Å². The Morgan fingerprint density at radius 2 is 1.95 bits per heavy atom. The van der Waals surface area contributed by atoms with Gasteiger partial charge in [0.25, 0.3) is 0 Å². The maximum atomic E-state index is 11.3. The Labute approximate surface area is 115 Å². The molecule has 1 aromatic rings. The van der Waals surface area contributed by atoms with Crippen LogP contribution in [0.15, 0.2) is 18.2 Å². The summed E-state index contributed by atoms with van der Waals surface area (Å²) < 4.78 is 5.45. The molecule has 0 amide bonds. The number of Topliss-reactive ketones (excluding diaryl/α,β-unsaturated/α-hetero) is 1. The van der Waals surface area contributed by atoms with Crippen LogP contribution in [0, 0.1) is 0 Å². The van der Waals surface area contributed by atoms with E-state index in [1.807, 2.05) is 0 Å². The fourth-order valence-electron chi connectivity index (χ4n) is 2.48. The van der Waals surface area contributed by atoms with Crippen LogP contribution >= 0.6 is 0 Å². The Morgan fingerprint density at radius 1 is 1.26 bits per heavy atom. The Balaban J connectivity index is 2.13. The second kappa shape index (κ2) is 6.20. The molecule has 1 heterocycles. The highest BCUT2D eigenvalue weighted by molar-refractivity contribution is 5.79. The smallest absolute Gasteiger partial charge is 0.135 e. The van der Waals surface area contributed by atoms with Crippen molar-refractivity contribution in [2.24, 2.45) is 0 Å². The van der Waals surface area contributed by atoms with Gasteiger partial charge in [-0.25, -0.2) is 0 Å². The summed E-state index contributed by atoms with van der Waals surface area (Å²) in [6, 6.07) is 6.42. The van der Waals surface area contributed by atoms with Crippen LogP contribution in [0.2, 0.25) is 0 Å². The first kappa shape index (κ1) is 14.1. The molecule has 19 heavy (non-hydrogen) atoms. The van der Waals surface area contributed by atoms with Gasteiger partial charge in [0.15, 0.2) is 0 Å². The zero-order valence-electron chi connectivity index (χ0n) is 12.1. The molecule has 0 unspecified atom stereocenters. The highest BCUT2D eigenvalue weighted by Gasteiger charge is 2.18. The van der Waals surface area contributed by atoms with Crippen LogP contribution in [0.5, 0.6) is 5.75 Å². The molecule has 0 spiro atoms. The standard InChI is InChI=1S/C16H23NO2/c1-12(2)13-4-5-16(19-3)14(10-13)11-17-8-6-15(18)7-9-17/h4-5,10,12H,6-9,11H2,1-3H3. The summed E-state index contributed by atoms with van der Waals surface area (Å²) in [4.78, 5) is 13.6. The molecule has 0 aromatic heterocycles. The monoisotopic (exact) mass is 261 g/mol. The maximum Gasteiger partial charge on any atom is 0.135 e. The summed E-state index contributed by atoms with van der Waals surface area (Å²) in [6.07, 6.45) is 1.37. The van der Waals surface area contributed by atoms with Crippen LogP contribution in [0.4, 0.5) is 0 Å². The summed E-state index contributed by atoms with van der Waals surface area (Å²) >= 11 is 0. The summed E-state index contributed by atoms with van der Waals surface area (Å²) in [5.74, 6) is 1.85. The average molecular weight is 261 g/mol. The number of hydrogen-bond donors (Lipinski definition) is 0. The third-order valence-electron chi connectivity index (χ3n) is 3.78. The molecule has 104 valence electrons. The van der Waals surface area contributed by atoms with E-state index in [-0.39, 0.29) is 0 Å². The summed E-state index contributed by atoms with van der Waals surface area (Å²) in [6.45, 7) is 7.01. The summed E-state index contributed by atoms with van der Waals surface area (Å²) in [5, 5.41) is 0. The molecule has 1 aromatic carbocycles. The van der Waals surface area contributed by atoms with Crippen molar-refractivity contribution in [2.75, 3.05) is 20.2 Å². The van der Waals surface area contributed by atoms with Crippen molar-refractivity contribution in [1.29, 1.82) is 0 Å². The molecular formula is C16H23NO2. The third kappa shape index (κ3) is 3.57. The van der Waals surface area contributed by atoms with Gasteiger partial charge in [0.05, 0.1) is 7.11 Å². The zero-order chi connectivity index (χ0) is 13.8. The average Bonchev–Trinajstić information content (AvgIpc) is 2.41. The van der Waals surface area contributed by atoms with Crippen molar-refractivity contribution in [3.8, 4) is 5.75 Å². The van der Waals surface area contributed by atoms with Gasteiger partial charge in [0.1, 0.15) is 11.5 Å². The number of benzene rings is 1. The van der Waals surface area contributed by atoms with Gasteiger partial charge in [0, 0.05) is 38.0 Å². The van der Waals surface area contributed by atoms with Crippen LogP contribution in [0.3, 0.4) is 0 Å². The highest BCUT2D eigenvalue weighted by Crippen LogP contribution is 2.26. The molecule has 0 aliphatic carbocycles. The fourth-order valence-corrected chi connectivity index (χ4v) is 2.48. The lowest BCUT2D eigenvalue weighted by molar-refractivity contribution is -0.121. The van der Waals surface area contributed by atoms with E-state index in [9.17, 15) is 4.79 Å². The quantitative estimate of drug-likeness (QED) is 0.834. The molecule has 1 fully saturated rings. The predicted octanol–water partition coefficient (Wildman–Crippen LogP) is 2.98. The number of likely N-dealkylation sites (tertiary alicyclic amines) is 1. The Morgan fingerprint density at radius 3 is 2.53 bits per heavy atom. The molecule has 1 aliphatic heterocycles. The van der Waals surface area contributed by atoms with Gasteiger partial charge < -0.3 is 4.74 Å². The van der Waals surface area contributed by atoms with Gasteiger partial charge in [-0.3, -0.25) is 9.69 Å². The number of ether oxygens (including phenoxy) is 1. The van der Waals surface area contributed by atoms with E-state index in [0.29, 0.717) is 24.5 Å². The first-order valence-corrected chi connectivity index (χ1v) is 7.01. The molecule has 0 atom stereocenters. The van der Waals surface area contributed by atoms with Gasteiger partial charge in [-0.05, 0) is 17.5 Å². The SMILES string of the molecule is COc1ccc(C(C)C)cc1CN1CCC(=O)CC1. The van der Waals surface area contributed by atoms with Crippen molar-refractivity contribution in [1.82, 2.24) is 4.90 Å². The van der Waals surface area contributed by atoms with Gasteiger partial charge >= 0.3 is 0 Å². The number of hydrogen-bond acceptors (Lipinski definition) is 3.